The van der Waals surface area contributed by atoms with Crippen LogP contribution < -0.4 is 5.32 Å². The lowest BCUT2D eigenvalue weighted by molar-refractivity contribution is 0.505. The van der Waals surface area contributed by atoms with Gasteiger partial charge in [0.15, 0.2) is 11.6 Å². The summed E-state index contributed by atoms with van der Waals surface area (Å²) in [6.45, 7) is 0. The van der Waals surface area contributed by atoms with Gasteiger partial charge in [0.25, 0.3) is 0 Å². The summed E-state index contributed by atoms with van der Waals surface area (Å²) < 4.78 is 27.1. The predicted molar refractivity (Wildman–Crippen MR) is 69.3 cm³/mol. The van der Waals surface area contributed by atoms with Crippen LogP contribution in [-0.4, -0.2) is 7.05 Å². The standard InChI is InChI=1S/C12H10BrF2NS/c1-16-12(8-5-11(13)17-6-8)7-2-3-9(14)10(15)4-7/h2-6,12,16H,1H3. The van der Waals surface area contributed by atoms with Crippen molar-refractivity contribution in [1.82, 2.24) is 5.32 Å². The maximum absolute atomic E-state index is 13.2. The molecule has 1 aromatic carbocycles. The molecule has 0 fully saturated rings. The van der Waals surface area contributed by atoms with E-state index >= 15 is 0 Å². The normalized spacial score (nSPS) is 12.7. The lowest BCUT2D eigenvalue weighted by Crippen LogP contribution is -2.17. The van der Waals surface area contributed by atoms with E-state index in [-0.39, 0.29) is 6.04 Å². The van der Waals surface area contributed by atoms with E-state index in [0.29, 0.717) is 5.56 Å². The van der Waals surface area contributed by atoms with Gasteiger partial charge in [0, 0.05) is 0 Å². The third-order valence-electron chi connectivity index (χ3n) is 2.49. The quantitative estimate of drug-likeness (QED) is 0.898. The molecule has 1 aromatic heterocycles. The van der Waals surface area contributed by atoms with Crippen LogP contribution in [0.4, 0.5) is 8.78 Å². The monoisotopic (exact) mass is 317 g/mol. The van der Waals surface area contributed by atoms with E-state index in [1.54, 1.807) is 24.5 Å². The van der Waals surface area contributed by atoms with E-state index in [1.165, 1.54) is 6.07 Å². The van der Waals surface area contributed by atoms with Gasteiger partial charge >= 0.3 is 0 Å². The van der Waals surface area contributed by atoms with Crippen LogP contribution in [0.1, 0.15) is 17.2 Å². The van der Waals surface area contributed by atoms with E-state index in [4.69, 9.17) is 0 Å². The fraction of sp³-hybridized carbons (Fsp3) is 0.167. The lowest BCUT2D eigenvalue weighted by atomic mass is 10.0. The van der Waals surface area contributed by atoms with Crippen LogP contribution in [0.25, 0.3) is 0 Å². The number of thiophene rings is 1. The highest BCUT2D eigenvalue weighted by atomic mass is 79.9. The number of benzene rings is 1. The summed E-state index contributed by atoms with van der Waals surface area (Å²) in [5.74, 6) is -1.65. The average Bonchev–Trinajstić information content (AvgIpc) is 2.71. The highest BCUT2D eigenvalue weighted by Crippen LogP contribution is 2.29. The predicted octanol–water partition coefficient (Wildman–Crippen LogP) is 4.10. The maximum Gasteiger partial charge on any atom is 0.159 e. The first-order valence-electron chi connectivity index (χ1n) is 4.98. The number of rotatable bonds is 3. The minimum absolute atomic E-state index is 0.132. The van der Waals surface area contributed by atoms with Crippen LogP contribution >= 0.6 is 27.3 Å². The Labute approximate surface area is 111 Å². The highest BCUT2D eigenvalue weighted by molar-refractivity contribution is 9.11. The van der Waals surface area contributed by atoms with Crippen molar-refractivity contribution in [3.8, 4) is 0 Å². The molecule has 2 aromatic rings. The van der Waals surface area contributed by atoms with E-state index in [9.17, 15) is 8.78 Å². The molecule has 1 heterocycles. The number of hydrogen-bond acceptors (Lipinski definition) is 2. The van der Waals surface area contributed by atoms with Crippen molar-refractivity contribution >= 4 is 27.3 Å². The lowest BCUT2D eigenvalue weighted by Gasteiger charge is -2.15. The molecule has 0 aliphatic carbocycles. The number of nitrogens with one attached hydrogen (secondary N) is 1. The topological polar surface area (TPSA) is 12.0 Å². The van der Waals surface area contributed by atoms with Crippen molar-refractivity contribution in [2.75, 3.05) is 7.05 Å². The first-order valence-corrected chi connectivity index (χ1v) is 6.65. The van der Waals surface area contributed by atoms with Gasteiger partial charge in [-0.15, -0.1) is 11.3 Å². The van der Waals surface area contributed by atoms with E-state index < -0.39 is 11.6 Å². The molecule has 1 atom stereocenters. The van der Waals surface area contributed by atoms with E-state index in [0.717, 1.165) is 15.4 Å². The largest absolute Gasteiger partial charge is 0.309 e. The highest BCUT2D eigenvalue weighted by Gasteiger charge is 2.15. The van der Waals surface area contributed by atoms with Gasteiger partial charge in [-0.05, 0) is 57.7 Å². The summed E-state index contributed by atoms with van der Waals surface area (Å²) in [4.78, 5) is 0. The van der Waals surface area contributed by atoms with Crippen LogP contribution in [0.15, 0.2) is 33.4 Å². The molecule has 1 unspecified atom stereocenters. The second-order valence-corrected chi connectivity index (χ2v) is 5.87. The Bertz CT molecular complexity index is 527. The first kappa shape index (κ1) is 12.7. The maximum atomic E-state index is 13.2. The molecule has 0 saturated heterocycles. The molecule has 90 valence electrons. The summed E-state index contributed by atoms with van der Waals surface area (Å²) >= 11 is 4.94. The van der Waals surface area contributed by atoms with Crippen LogP contribution in [0.3, 0.4) is 0 Å². The zero-order chi connectivity index (χ0) is 12.4. The molecule has 0 bridgehead atoms. The number of hydrogen-bond donors (Lipinski definition) is 1. The second-order valence-electron chi connectivity index (χ2n) is 3.58. The third-order valence-corrected chi connectivity index (χ3v) is 4.01. The van der Waals surface area contributed by atoms with Crippen LogP contribution in [0.2, 0.25) is 0 Å². The number of halogens is 3. The molecule has 0 aliphatic heterocycles. The fourth-order valence-electron chi connectivity index (χ4n) is 1.69. The van der Waals surface area contributed by atoms with Crippen LogP contribution in [0, 0.1) is 11.6 Å². The van der Waals surface area contributed by atoms with E-state index in [2.05, 4.69) is 21.2 Å². The molecular weight excluding hydrogens is 308 g/mol. The van der Waals surface area contributed by atoms with Crippen molar-refractivity contribution in [2.45, 2.75) is 6.04 Å². The Hall–Kier alpha value is -0.780. The Morgan fingerprint density at radius 2 is 1.94 bits per heavy atom. The van der Waals surface area contributed by atoms with Gasteiger partial charge in [0.1, 0.15) is 0 Å². The zero-order valence-electron chi connectivity index (χ0n) is 9.01. The molecule has 1 nitrogen and oxygen atoms in total. The molecule has 0 spiro atoms. The molecule has 0 saturated carbocycles. The molecule has 17 heavy (non-hydrogen) atoms. The Balaban J connectivity index is 2.38. The second kappa shape index (κ2) is 5.25. The summed E-state index contributed by atoms with van der Waals surface area (Å²) in [5.41, 5.74) is 1.73. The Morgan fingerprint density at radius 1 is 1.18 bits per heavy atom. The minimum atomic E-state index is -0.824. The van der Waals surface area contributed by atoms with Gasteiger partial charge in [-0.25, -0.2) is 8.78 Å². The molecule has 0 aliphatic rings. The van der Waals surface area contributed by atoms with E-state index in [1.807, 2.05) is 11.4 Å². The summed E-state index contributed by atoms with van der Waals surface area (Å²) in [7, 11) is 1.79. The molecule has 1 N–H and O–H groups in total. The van der Waals surface area contributed by atoms with Crippen molar-refractivity contribution in [3.63, 3.8) is 0 Å². The first-order chi connectivity index (χ1) is 8.11. The van der Waals surface area contributed by atoms with Gasteiger partial charge < -0.3 is 5.32 Å². The molecule has 2 rings (SSSR count). The summed E-state index contributed by atoms with van der Waals surface area (Å²) in [6, 6.07) is 5.80. The van der Waals surface area contributed by atoms with Crippen LogP contribution in [0.5, 0.6) is 0 Å². The smallest absolute Gasteiger partial charge is 0.159 e. The third kappa shape index (κ3) is 2.73. The summed E-state index contributed by atoms with van der Waals surface area (Å²) in [6.07, 6.45) is 0. The van der Waals surface area contributed by atoms with Gasteiger partial charge in [-0.3, -0.25) is 0 Å². The van der Waals surface area contributed by atoms with Crippen LogP contribution in [-0.2, 0) is 0 Å². The fourth-order valence-corrected chi connectivity index (χ4v) is 2.89. The van der Waals surface area contributed by atoms with Gasteiger partial charge in [0.2, 0.25) is 0 Å². The molecule has 5 heteroatoms. The van der Waals surface area contributed by atoms with Crippen molar-refractivity contribution in [1.29, 1.82) is 0 Å². The average molecular weight is 318 g/mol. The SMILES string of the molecule is CNC(c1csc(Br)c1)c1ccc(F)c(F)c1. The Morgan fingerprint density at radius 3 is 2.47 bits per heavy atom. The van der Waals surface area contributed by atoms with Gasteiger partial charge in [-0.2, -0.15) is 0 Å². The summed E-state index contributed by atoms with van der Waals surface area (Å²) in [5, 5.41) is 5.07. The van der Waals surface area contributed by atoms with Crippen molar-refractivity contribution < 1.29 is 8.78 Å². The van der Waals surface area contributed by atoms with Crippen molar-refractivity contribution in [3.05, 3.63) is 56.2 Å². The molecule has 0 radical (unpaired) electrons. The van der Waals surface area contributed by atoms with Crippen molar-refractivity contribution in [2.24, 2.45) is 0 Å². The minimum Gasteiger partial charge on any atom is -0.309 e. The van der Waals surface area contributed by atoms with Gasteiger partial charge in [0.05, 0.1) is 9.83 Å². The molecular formula is C12H10BrF2NS. The van der Waals surface area contributed by atoms with Gasteiger partial charge in [-0.1, -0.05) is 6.07 Å². The Kier molecular flexibility index (Phi) is 3.91. The molecule has 0 amide bonds. The zero-order valence-corrected chi connectivity index (χ0v) is 11.4.